The van der Waals surface area contributed by atoms with Gasteiger partial charge in [0.25, 0.3) is 5.56 Å². The van der Waals surface area contributed by atoms with Gasteiger partial charge in [-0.15, -0.1) is 0 Å². The van der Waals surface area contributed by atoms with Crippen LogP contribution in [0.3, 0.4) is 0 Å². The summed E-state index contributed by atoms with van der Waals surface area (Å²) < 4.78 is 1.89. The Morgan fingerprint density at radius 3 is 2.32 bits per heavy atom. The van der Waals surface area contributed by atoms with Crippen LogP contribution in [-0.2, 0) is 18.9 Å². The van der Waals surface area contributed by atoms with Crippen molar-refractivity contribution in [1.29, 1.82) is 5.26 Å². The van der Waals surface area contributed by atoms with Gasteiger partial charge in [0, 0.05) is 21.1 Å². The van der Waals surface area contributed by atoms with Crippen LogP contribution < -0.4 is 16.1 Å². The van der Waals surface area contributed by atoms with Crippen LogP contribution in [0.25, 0.3) is 0 Å². The number of aromatic nitrogens is 2. The first-order chi connectivity index (χ1) is 8.73. The Morgan fingerprint density at radius 2 is 1.89 bits per heavy atom. The summed E-state index contributed by atoms with van der Waals surface area (Å²) in [4.78, 5) is 35.8. The molecule has 1 atom stereocenters. The molecule has 0 aliphatic rings. The Morgan fingerprint density at radius 1 is 1.37 bits per heavy atom. The van der Waals surface area contributed by atoms with E-state index in [2.05, 4.69) is 0 Å². The molecule has 0 aliphatic heterocycles. The molecule has 1 aromatic heterocycles. The fraction of sp³-hybridized carbons (Fsp3) is 0.455. The molecule has 0 bridgehead atoms. The normalized spacial score (nSPS) is 11.7. The smallest absolute Gasteiger partial charge is 0.332 e. The van der Waals surface area contributed by atoms with Crippen molar-refractivity contribution < 1.29 is 9.90 Å². The minimum Gasteiger partial charge on any atom is -0.480 e. The third kappa shape index (κ3) is 2.22. The minimum atomic E-state index is -1.13. The molecule has 8 nitrogen and oxygen atoms in total. The van der Waals surface area contributed by atoms with Crippen LogP contribution in [0, 0.1) is 11.3 Å². The van der Waals surface area contributed by atoms with Crippen molar-refractivity contribution >= 4 is 11.8 Å². The number of likely N-dealkylation sites (N-methyl/N-ethyl adjacent to an activating group) is 1. The van der Waals surface area contributed by atoms with Crippen LogP contribution in [0.5, 0.6) is 0 Å². The first kappa shape index (κ1) is 14.5. The van der Waals surface area contributed by atoms with E-state index in [9.17, 15) is 14.4 Å². The highest BCUT2D eigenvalue weighted by molar-refractivity contribution is 5.77. The van der Waals surface area contributed by atoms with Gasteiger partial charge in [0.2, 0.25) is 0 Å². The SMILES string of the molecule is CC(C(=O)O)N(C)c1c(C#N)c(=O)n(C)c(=O)n1C. The number of carboxylic acids is 1. The topological polar surface area (TPSA) is 108 Å². The van der Waals surface area contributed by atoms with Gasteiger partial charge >= 0.3 is 11.7 Å². The van der Waals surface area contributed by atoms with E-state index in [1.807, 2.05) is 0 Å². The summed E-state index contributed by atoms with van der Waals surface area (Å²) in [7, 11) is 4.05. The Kier molecular flexibility index (Phi) is 3.80. The standard InChI is InChI=1S/C11H14N4O4/c1-6(10(17)18)13(2)8-7(5-12)9(16)15(4)11(19)14(8)3/h6H,1-4H3,(H,17,18). The van der Waals surface area contributed by atoms with Gasteiger partial charge < -0.3 is 10.0 Å². The molecule has 19 heavy (non-hydrogen) atoms. The lowest BCUT2D eigenvalue weighted by atomic mass is 10.2. The summed E-state index contributed by atoms with van der Waals surface area (Å²) in [6.45, 7) is 1.39. The molecule has 1 N–H and O–H groups in total. The summed E-state index contributed by atoms with van der Waals surface area (Å²) >= 11 is 0. The monoisotopic (exact) mass is 266 g/mol. The molecule has 0 radical (unpaired) electrons. The summed E-state index contributed by atoms with van der Waals surface area (Å²) in [5.41, 5.74) is -1.63. The maximum Gasteiger partial charge on any atom is 0.332 e. The molecule has 0 saturated carbocycles. The highest BCUT2D eigenvalue weighted by atomic mass is 16.4. The number of hydrogen-bond acceptors (Lipinski definition) is 5. The molecular formula is C11H14N4O4. The zero-order valence-electron chi connectivity index (χ0n) is 11.0. The first-order valence-corrected chi connectivity index (χ1v) is 5.39. The summed E-state index contributed by atoms with van der Waals surface area (Å²) in [6, 6.07) is 0.738. The average Bonchev–Trinajstić information content (AvgIpc) is 2.38. The lowest BCUT2D eigenvalue weighted by Crippen LogP contribution is -2.45. The number of nitrogens with zero attached hydrogens (tertiary/aromatic N) is 4. The van der Waals surface area contributed by atoms with Crippen LogP contribution in [0.2, 0.25) is 0 Å². The van der Waals surface area contributed by atoms with Crippen molar-refractivity contribution in [3.63, 3.8) is 0 Å². The number of nitriles is 1. The lowest BCUT2D eigenvalue weighted by Gasteiger charge is -2.26. The molecule has 1 heterocycles. The number of rotatable bonds is 3. The predicted molar refractivity (Wildman–Crippen MR) is 67.1 cm³/mol. The molecular weight excluding hydrogens is 252 g/mol. The van der Waals surface area contributed by atoms with E-state index in [0.717, 1.165) is 9.13 Å². The Bertz CT molecular complexity index is 680. The maximum absolute atomic E-state index is 11.8. The van der Waals surface area contributed by atoms with E-state index in [1.54, 1.807) is 6.07 Å². The highest BCUT2D eigenvalue weighted by Gasteiger charge is 2.25. The molecule has 0 aliphatic carbocycles. The number of carbonyl (C=O) groups is 1. The Hall–Kier alpha value is -2.56. The van der Waals surface area contributed by atoms with Crippen LogP contribution in [0.1, 0.15) is 12.5 Å². The van der Waals surface area contributed by atoms with E-state index >= 15 is 0 Å². The van der Waals surface area contributed by atoms with E-state index < -0.39 is 23.3 Å². The molecule has 102 valence electrons. The van der Waals surface area contributed by atoms with Gasteiger partial charge in [-0.05, 0) is 6.92 Å². The Labute approximate surface area is 108 Å². The largest absolute Gasteiger partial charge is 0.480 e. The number of anilines is 1. The first-order valence-electron chi connectivity index (χ1n) is 5.39. The van der Waals surface area contributed by atoms with Crippen molar-refractivity contribution in [1.82, 2.24) is 9.13 Å². The molecule has 1 rings (SSSR count). The molecule has 0 saturated heterocycles. The van der Waals surface area contributed by atoms with Crippen molar-refractivity contribution in [2.45, 2.75) is 13.0 Å². The van der Waals surface area contributed by atoms with Crippen LogP contribution in [-0.4, -0.2) is 33.3 Å². The van der Waals surface area contributed by atoms with Crippen molar-refractivity contribution in [2.24, 2.45) is 14.1 Å². The van der Waals surface area contributed by atoms with Crippen LogP contribution >= 0.6 is 0 Å². The van der Waals surface area contributed by atoms with Crippen LogP contribution in [0.15, 0.2) is 9.59 Å². The molecule has 8 heteroatoms. The van der Waals surface area contributed by atoms with Gasteiger partial charge in [0.1, 0.15) is 17.9 Å². The second-order valence-corrected chi connectivity index (χ2v) is 4.14. The van der Waals surface area contributed by atoms with Gasteiger partial charge in [0.15, 0.2) is 5.56 Å². The summed E-state index contributed by atoms with van der Waals surface area (Å²) in [5.74, 6) is -1.13. The second kappa shape index (κ2) is 4.97. The van der Waals surface area contributed by atoms with Crippen LogP contribution in [0.4, 0.5) is 5.82 Å². The predicted octanol–water partition coefficient (Wildman–Crippen LogP) is -1.14. The second-order valence-electron chi connectivity index (χ2n) is 4.14. The maximum atomic E-state index is 11.8. The molecule has 0 fully saturated rings. The lowest BCUT2D eigenvalue weighted by molar-refractivity contribution is -0.138. The Balaban J connectivity index is 3.70. The van der Waals surface area contributed by atoms with Crippen molar-refractivity contribution in [3.05, 3.63) is 26.4 Å². The fourth-order valence-corrected chi connectivity index (χ4v) is 1.69. The van der Waals surface area contributed by atoms with Gasteiger partial charge in [0.05, 0.1) is 0 Å². The molecule has 1 aromatic rings. The van der Waals surface area contributed by atoms with Gasteiger partial charge in [-0.25, -0.2) is 9.59 Å². The number of carboxylic acid groups (broad SMARTS) is 1. The van der Waals surface area contributed by atoms with Gasteiger partial charge in [-0.3, -0.25) is 13.9 Å². The van der Waals surface area contributed by atoms with E-state index in [-0.39, 0.29) is 11.4 Å². The summed E-state index contributed by atoms with van der Waals surface area (Å²) in [6.07, 6.45) is 0. The third-order valence-corrected chi connectivity index (χ3v) is 3.02. The zero-order valence-corrected chi connectivity index (χ0v) is 11.0. The van der Waals surface area contributed by atoms with Gasteiger partial charge in [-0.1, -0.05) is 0 Å². The van der Waals surface area contributed by atoms with E-state index in [1.165, 1.54) is 33.0 Å². The molecule has 1 unspecified atom stereocenters. The summed E-state index contributed by atoms with van der Waals surface area (Å²) in [5, 5.41) is 18.0. The zero-order chi connectivity index (χ0) is 14.9. The van der Waals surface area contributed by atoms with E-state index in [4.69, 9.17) is 10.4 Å². The number of aliphatic carboxylic acids is 1. The molecule has 0 amide bonds. The van der Waals surface area contributed by atoms with Crippen molar-refractivity contribution in [3.8, 4) is 6.07 Å². The fourth-order valence-electron chi connectivity index (χ4n) is 1.69. The van der Waals surface area contributed by atoms with Crippen molar-refractivity contribution in [2.75, 3.05) is 11.9 Å². The van der Waals surface area contributed by atoms with E-state index in [0.29, 0.717) is 0 Å². The molecule has 0 aromatic carbocycles. The van der Waals surface area contributed by atoms with Gasteiger partial charge in [-0.2, -0.15) is 5.26 Å². The number of hydrogen-bond donors (Lipinski definition) is 1. The average molecular weight is 266 g/mol. The molecule has 0 spiro atoms. The quantitative estimate of drug-likeness (QED) is 0.741. The minimum absolute atomic E-state index is 0.00880. The highest BCUT2D eigenvalue weighted by Crippen LogP contribution is 2.15. The third-order valence-electron chi connectivity index (χ3n) is 3.02.